The summed E-state index contributed by atoms with van der Waals surface area (Å²) in [5, 5.41) is 11.7. The number of nitrogens with one attached hydrogen (secondary N) is 2. The van der Waals surface area contributed by atoms with E-state index in [9.17, 15) is 9.59 Å². The van der Waals surface area contributed by atoms with Crippen LogP contribution in [0.1, 0.15) is 16.7 Å². The fourth-order valence-electron chi connectivity index (χ4n) is 3.26. The van der Waals surface area contributed by atoms with Crippen LogP contribution in [0.4, 0.5) is 5.69 Å². The number of carbonyl (C=O) groups excluding carboxylic acids is 2. The van der Waals surface area contributed by atoms with E-state index < -0.39 is 11.8 Å². The number of hydrogen-bond acceptors (Lipinski definition) is 4. The summed E-state index contributed by atoms with van der Waals surface area (Å²) in [5.41, 5.74) is 7.70. The molecule has 0 aliphatic carbocycles. The molecule has 1 heterocycles. The molecule has 8 heteroatoms. The number of carbonyl (C=O) groups is 2. The van der Waals surface area contributed by atoms with Gasteiger partial charge in [-0.25, -0.2) is 10.1 Å². The Morgan fingerprint density at radius 3 is 2.41 bits per heavy atom. The summed E-state index contributed by atoms with van der Waals surface area (Å²) in [6.07, 6.45) is 3.28. The Balaban J connectivity index is 1.54. The molecule has 0 saturated heterocycles. The monoisotopic (exact) mass is 471 g/mol. The smallest absolute Gasteiger partial charge is 0.317 e. The number of nitrogens with zero attached hydrogens (tertiary/aromatic N) is 3. The average Bonchev–Trinajstić information content (AvgIpc) is 3.27. The Morgan fingerprint density at radius 2 is 1.68 bits per heavy atom. The van der Waals surface area contributed by atoms with Crippen LogP contribution >= 0.6 is 11.6 Å². The largest absolute Gasteiger partial charge is 0.329 e. The summed E-state index contributed by atoms with van der Waals surface area (Å²) in [6.45, 7) is 3.77. The van der Waals surface area contributed by atoms with E-state index in [-0.39, 0.29) is 0 Å². The molecule has 0 aliphatic heterocycles. The highest BCUT2D eigenvalue weighted by atomic mass is 35.5. The highest BCUT2D eigenvalue weighted by Gasteiger charge is 2.15. The lowest BCUT2D eigenvalue weighted by Crippen LogP contribution is -2.32. The van der Waals surface area contributed by atoms with E-state index in [1.807, 2.05) is 67.7 Å². The number of para-hydroxylation sites is 1. The summed E-state index contributed by atoms with van der Waals surface area (Å²) in [7, 11) is 0. The van der Waals surface area contributed by atoms with Gasteiger partial charge in [0.05, 0.1) is 11.9 Å². The van der Waals surface area contributed by atoms with Crippen molar-refractivity contribution >= 4 is 35.3 Å². The zero-order valence-corrected chi connectivity index (χ0v) is 19.4. The molecule has 4 rings (SSSR count). The molecule has 0 bridgehead atoms. The van der Waals surface area contributed by atoms with Crippen LogP contribution in [0.2, 0.25) is 5.02 Å². The highest BCUT2D eigenvalue weighted by Crippen LogP contribution is 2.24. The van der Waals surface area contributed by atoms with Crippen molar-refractivity contribution in [2.45, 2.75) is 13.8 Å². The molecule has 0 unspecified atom stereocenters. The zero-order valence-electron chi connectivity index (χ0n) is 18.6. The minimum Gasteiger partial charge on any atom is -0.317 e. The van der Waals surface area contributed by atoms with Gasteiger partial charge in [-0.05, 0) is 43.7 Å². The summed E-state index contributed by atoms with van der Waals surface area (Å²) < 4.78 is 1.74. The van der Waals surface area contributed by atoms with Gasteiger partial charge in [-0.3, -0.25) is 9.59 Å². The van der Waals surface area contributed by atoms with Crippen molar-refractivity contribution in [3.63, 3.8) is 0 Å². The lowest BCUT2D eigenvalue weighted by Gasteiger charge is -2.08. The van der Waals surface area contributed by atoms with Crippen molar-refractivity contribution < 1.29 is 9.59 Å². The van der Waals surface area contributed by atoms with E-state index in [4.69, 9.17) is 16.7 Å². The molecule has 34 heavy (non-hydrogen) atoms. The van der Waals surface area contributed by atoms with Crippen molar-refractivity contribution in [3.8, 4) is 16.9 Å². The number of anilines is 1. The van der Waals surface area contributed by atoms with E-state index >= 15 is 0 Å². The third kappa shape index (κ3) is 5.22. The van der Waals surface area contributed by atoms with Crippen LogP contribution in [0.3, 0.4) is 0 Å². The van der Waals surface area contributed by atoms with E-state index in [2.05, 4.69) is 15.8 Å². The number of halogens is 1. The molecule has 2 amide bonds. The number of hydrogen-bond donors (Lipinski definition) is 2. The third-order valence-corrected chi connectivity index (χ3v) is 5.59. The van der Waals surface area contributed by atoms with Crippen LogP contribution in [-0.2, 0) is 9.59 Å². The molecule has 7 nitrogen and oxygen atoms in total. The SMILES string of the molecule is Cc1ccc(-c2nn(-c3ccccc3)cc2/C=N\NC(=O)C(=O)Nc2cccc(Cl)c2C)cc1. The van der Waals surface area contributed by atoms with Crippen LogP contribution < -0.4 is 10.7 Å². The Labute approximate surface area is 202 Å². The number of benzene rings is 3. The van der Waals surface area contributed by atoms with Gasteiger partial charge in [0.15, 0.2) is 0 Å². The van der Waals surface area contributed by atoms with E-state index in [0.717, 1.165) is 16.8 Å². The van der Waals surface area contributed by atoms with Crippen molar-refractivity contribution in [3.05, 3.63) is 101 Å². The molecule has 0 aliphatic rings. The number of rotatable bonds is 5. The standard InChI is InChI=1S/C26H22ClN5O2/c1-17-11-13-19(14-12-17)24-20(16-32(31-24)21-7-4-3-5-8-21)15-28-30-26(34)25(33)29-23-10-6-9-22(27)18(23)2/h3-16H,1-2H3,(H,29,33)(H,30,34)/b28-15-. The van der Waals surface area contributed by atoms with Gasteiger partial charge in [-0.1, -0.05) is 65.7 Å². The quantitative estimate of drug-likeness (QED) is 0.246. The Morgan fingerprint density at radius 1 is 0.941 bits per heavy atom. The van der Waals surface area contributed by atoms with Gasteiger partial charge in [0.25, 0.3) is 0 Å². The summed E-state index contributed by atoms with van der Waals surface area (Å²) in [5.74, 6) is -1.75. The van der Waals surface area contributed by atoms with E-state index in [0.29, 0.717) is 27.5 Å². The second kappa shape index (κ2) is 10.1. The lowest BCUT2D eigenvalue weighted by molar-refractivity contribution is -0.136. The van der Waals surface area contributed by atoms with Crippen molar-refractivity contribution in [2.24, 2.45) is 5.10 Å². The number of aromatic nitrogens is 2. The minimum atomic E-state index is -0.900. The number of hydrazone groups is 1. The van der Waals surface area contributed by atoms with Crippen molar-refractivity contribution in [1.29, 1.82) is 0 Å². The van der Waals surface area contributed by atoms with Crippen molar-refractivity contribution in [2.75, 3.05) is 5.32 Å². The highest BCUT2D eigenvalue weighted by molar-refractivity contribution is 6.40. The normalized spacial score (nSPS) is 10.9. The Bertz CT molecular complexity index is 1360. The van der Waals surface area contributed by atoms with Gasteiger partial charge in [-0.2, -0.15) is 10.2 Å². The number of amides is 2. The van der Waals surface area contributed by atoms with Gasteiger partial charge in [0, 0.05) is 28.0 Å². The van der Waals surface area contributed by atoms with Gasteiger partial charge in [0.1, 0.15) is 5.69 Å². The topological polar surface area (TPSA) is 88.4 Å². The molecule has 0 atom stereocenters. The van der Waals surface area contributed by atoms with Crippen LogP contribution in [0.5, 0.6) is 0 Å². The molecule has 0 radical (unpaired) electrons. The van der Waals surface area contributed by atoms with Gasteiger partial charge in [-0.15, -0.1) is 0 Å². The van der Waals surface area contributed by atoms with Gasteiger partial charge in [0.2, 0.25) is 0 Å². The Hall–Kier alpha value is -4.23. The molecule has 0 fully saturated rings. The van der Waals surface area contributed by atoms with Gasteiger partial charge >= 0.3 is 11.8 Å². The average molecular weight is 472 g/mol. The van der Waals surface area contributed by atoms with Gasteiger partial charge < -0.3 is 5.32 Å². The first-order chi connectivity index (χ1) is 16.4. The second-order valence-corrected chi connectivity index (χ2v) is 8.05. The second-order valence-electron chi connectivity index (χ2n) is 7.64. The minimum absolute atomic E-state index is 0.461. The molecule has 0 spiro atoms. The van der Waals surface area contributed by atoms with Crippen LogP contribution in [-0.4, -0.2) is 27.8 Å². The maximum atomic E-state index is 12.3. The predicted octanol–water partition coefficient (Wildman–Crippen LogP) is 4.90. The maximum Gasteiger partial charge on any atom is 0.329 e. The van der Waals surface area contributed by atoms with Crippen LogP contribution in [0.15, 0.2) is 84.1 Å². The lowest BCUT2D eigenvalue weighted by atomic mass is 10.1. The summed E-state index contributed by atoms with van der Waals surface area (Å²) in [4.78, 5) is 24.5. The van der Waals surface area contributed by atoms with Crippen LogP contribution in [0, 0.1) is 13.8 Å². The fourth-order valence-corrected chi connectivity index (χ4v) is 3.44. The molecule has 3 aromatic carbocycles. The molecule has 0 saturated carbocycles. The van der Waals surface area contributed by atoms with E-state index in [1.165, 1.54) is 6.21 Å². The molecular weight excluding hydrogens is 450 g/mol. The van der Waals surface area contributed by atoms with Crippen LogP contribution in [0.25, 0.3) is 16.9 Å². The molecule has 2 N–H and O–H groups in total. The first-order valence-corrected chi connectivity index (χ1v) is 10.9. The Kier molecular flexibility index (Phi) is 6.85. The number of aryl methyl sites for hydroxylation is 1. The zero-order chi connectivity index (χ0) is 24.1. The van der Waals surface area contributed by atoms with Crippen molar-refractivity contribution in [1.82, 2.24) is 15.2 Å². The summed E-state index contributed by atoms with van der Waals surface area (Å²) >= 11 is 6.07. The summed E-state index contributed by atoms with van der Waals surface area (Å²) in [6, 6.07) is 22.7. The molecular formula is C26H22ClN5O2. The van der Waals surface area contributed by atoms with E-state index in [1.54, 1.807) is 29.8 Å². The predicted molar refractivity (Wildman–Crippen MR) is 134 cm³/mol. The molecule has 1 aromatic heterocycles. The maximum absolute atomic E-state index is 12.3. The molecule has 170 valence electrons. The third-order valence-electron chi connectivity index (χ3n) is 5.18. The molecule has 4 aromatic rings. The fraction of sp³-hybridized carbons (Fsp3) is 0.0769. The first-order valence-electron chi connectivity index (χ1n) is 10.5. The first kappa shape index (κ1) is 22.9.